The lowest BCUT2D eigenvalue weighted by molar-refractivity contribution is -0.139. The fraction of sp³-hybridized carbons (Fsp3) is 0.391. The highest BCUT2D eigenvalue weighted by Gasteiger charge is 2.30. The van der Waals surface area contributed by atoms with E-state index in [0.29, 0.717) is 28.6 Å². The van der Waals surface area contributed by atoms with E-state index in [0.717, 1.165) is 10.6 Å². The van der Waals surface area contributed by atoms with Gasteiger partial charge in [-0.05, 0) is 43.7 Å². The Kier molecular flexibility index (Phi) is 9.57. The van der Waals surface area contributed by atoms with Crippen LogP contribution in [-0.2, 0) is 26.2 Å². The van der Waals surface area contributed by atoms with Crippen LogP contribution in [0, 0.1) is 0 Å². The number of carbonyl (C=O) groups excluding carboxylic acids is 2. The molecule has 2 aromatic rings. The molecule has 2 rings (SSSR count). The molecule has 0 saturated heterocycles. The molecular formula is C23H30ClN3O6S. The molecule has 0 fully saturated rings. The Balaban J connectivity index is 2.43. The molecule has 0 radical (unpaired) electrons. The molecule has 186 valence electrons. The summed E-state index contributed by atoms with van der Waals surface area (Å²) in [7, 11) is -0.966. The van der Waals surface area contributed by atoms with Gasteiger partial charge in [-0.2, -0.15) is 0 Å². The number of ether oxygens (including phenoxy) is 2. The number of hydrogen-bond donors (Lipinski definition) is 1. The van der Waals surface area contributed by atoms with Crippen molar-refractivity contribution in [1.82, 2.24) is 10.2 Å². The molecule has 0 unspecified atom stereocenters. The van der Waals surface area contributed by atoms with E-state index in [-0.39, 0.29) is 18.1 Å². The Morgan fingerprint density at radius 3 is 2.32 bits per heavy atom. The maximum Gasteiger partial charge on any atom is 0.244 e. The summed E-state index contributed by atoms with van der Waals surface area (Å²) in [6.45, 7) is 3.31. The third kappa shape index (κ3) is 7.01. The van der Waals surface area contributed by atoms with E-state index >= 15 is 0 Å². The lowest BCUT2D eigenvalue weighted by atomic mass is 10.1. The van der Waals surface area contributed by atoms with Crippen LogP contribution in [0.5, 0.6) is 11.5 Å². The Labute approximate surface area is 205 Å². The van der Waals surface area contributed by atoms with Crippen LogP contribution < -0.4 is 19.1 Å². The Morgan fingerprint density at radius 1 is 1.09 bits per heavy atom. The number of sulfonamides is 1. The number of nitrogens with one attached hydrogen (secondary N) is 1. The van der Waals surface area contributed by atoms with Crippen LogP contribution in [0.25, 0.3) is 0 Å². The lowest BCUT2D eigenvalue weighted by Gasteiger charge is -2.31. The van der Waals surface area contributed by atoms with Gasteiger partial charge in [-0.15, -0.1) is 0 Å². The molecule has 0 saturated carbocycles. The molecule has 11 heteroatoms. The first kappa shape index (κ1) is 27.3. The summed E-state index contributed by atoms with van der Waals surface area (Å²) in [5, 5.41) is 3.18. The van der Waals surface area contributed by atoms with Crippen molar-refractivity contribution in [3.8, 4) is 11.5 Å². The summed E-state index contributed by atoms with van der Waals surface area (Å²) in [6, 6.07) is 10.6. The maximum absolute atomic E-state index is 13.4. The van der Waals surface area contributed by atoms with Crippen molar-refractivity contribution < 1.29 is 27.5 Å². The third-order valence-electron chi connectivity index (χ3n) is 5.09. The molecule has 0 aromatic heterocycles. The molecule has 0 aliphatic carbocycles. The van der Waals surface area contributed by atoms with Gasteiger partial charge in [0.1, 0.15) is 12.6 Å². The van der Waals surface area contributed by atoms with Crippen molar-refractivity contribution in [2.45, 2.75) is 26.4 Å². The Hall–Kier alpha value is -2.98. The number of methoxy groups -OCH3 is 2. The minimum atomic E-state index is -3.86. The van der Waals surface area contributed by atoms with E-state index in [2.05, 4.69) is 5.32 Å². The molecule has 0 bridgehead atoms. The molecule has 34 heavy (non-hydrogen) atoms. The molecule has 1 atom stereocenters. The molecule has 0 heterocycles. The predicted octanol–water partition coefficient (Wildman–Crippen LogP) is 2.68. The zero-order chi connectivity index (χ0) is 25.5. The first-order valence-corrected chi connectivity index (χ1v) is 12.8. The van der Waals surface area contributed by atoms with Gasteiger partial charge >= 0.3 is 0 Å². The van der Waals surface area contributed by atoms with Gasteiger partial charge in [-0.3, -0.25) is 13.9 Å². The van der Waals surface area contributed by atoms with E-state index in [1.54, 1.807) is 44.2 Å². The average Bonchev–Trinajstić information content (AvgIpc) is 2.79. The summed E-state index contributed by atoms with van der Waals surface area (Å²) >= 11 is 6.08. The molecule has 0 spiro atoms. The molecule has 2 amide bonds. The second-order valence-electron chi connectivity index (χ2n) is 7.53. The topological polar surface area (TPSA) is 105 Å². The van der Waals surface area contributed by atoms with E-state index in [1.807, 2.05) is 0 Å². The highest BCUT2D eigenvalue weighted by Crippen LogP contribution is 2.32. The zero-order valence-electron chi connectivity index (χ0n) is 19.9. The van der Waals surface area contributed by atoms with Crippen LogP contribution in [0.2, 0.25) is 5.02 Å². The van der Waals surface area contributed by atoms with Crippen LogP contribution in [0.3, 0.4) is 0 Å². The van der Waals surface area contributed by atoms with E-state index in [4.69, 9.17) is 21.1 Å². The van der Waals surface area contributed by atoms with Crippen LogP contribution in [0.15, 0.2) is 42.5 Å². The normalized spacial score (nSPS) is 11.9. The summed E-state index contributed by atoms with van der Waals surface area (Å²) < 4.78 is 36.7. The van der Waals surface area contributed by atoms with Crippen LogP contribution in [-0.4, -0.2) is 64.7 Å². The molecular weight excluding hydrogens is 482 g/mol. The fourth-order valence-electron chi connectivity index (χ4n) is 3.33. The van der Waals surface area contributed by atoms with E-state index in [1.165, 1.54) is 31.3 Å². The molecule has 0 aliphatic rings. The molecule has 9 nitrogen and oxygen atoms in total. The highest BCUT2D eigenvalue weighted by molar-refractivity contribution is 7.92. The van der Waals surface area contributed by atoms with Gasteiger partial charge in [0.05, 0.1) is 26.2 Å². The van der Waals surface area contributed by atoms with Gasteiger partial charge in [-0.1, -0.05) is 23.7 Å². The first-order valence-electron chi connectivity index (χ1n) is 10.5. The van der Waals surface area contributed by atoms with Crippen molar-refractivity contribution in [1.29, 1.82) is 0 Å². The van der Waals surface area contributed by atoms with Gasteiger partial charge in [0, 0.05) is 24.2 Å². The average molecular weight is 512 g/mol. The summed E-state index contributed by atoms with van der Waals surface area (Å²) in [5.41, 5.74) is 0.927. The number of likely N-dealkylation sites (N-methyl/N-ethyl adjacent to an activating group) is 1. The number of amides is 2. The number of anilines is 1. The molecule has 2 aromatic carbocycles. The summed E-state index contributed by atoms with van der Waals surface area (Å²) in [6.07, 6.45) is 1.01. The number of halogens is 1. The molecule has 1 N–H and O–H groups in total. The minimum absolute atomic E-state index is 0.0707. The predicted molar refractivity (Wildman–Crippen MR) is 132 cm³/mol. The Morgan fingerprint density at radius 2 is 1.76 bits per heavy atom. The number of hydrogen-bond acceptors (Lipinski definition) is 6. The second-order valence-corrected chi connectivity index (χ2v) is 9.87. The van der Waals surface area contributed by atoms with Crippen molar-refractivity contribution in [2.24, 2.45) is 0 Å². The van der Waals surface area contributed by atoms with Gasteiger partial charge in [-0.25, -0.2) is 8.42 Å². The second kappa shape index (κ2) is 11.9. The minimum Gasteiger partial charge on any atom is -0.493 e. The lowest BCUT2D eigenvalue weighted by Crippen LogP contribution is -2.51. The Bertz CT molecular complexity index is 1130. The number of rotatable bonds is 11. The van der Waals surface area contributed by atoms with Gasteiger partial charge in [0.25, 0.3) is 0 Å². The summed E-state index contributed by atoms with van der Waals surface area (Å²) in [4.78, 5) is 27.3. The monoisotopic (exact) mass is 511 g/mol. The van der Waals surface area contributed by atoms with Crippen molar-refractivity contribution in [2.75, 3.05) is 37.9 Å². The fourth-order valence-corrected chi connectivity index (χ4v) is 4.38. The first-order chi connectivity index (χ1) is 16.0. The largest absolute Gasteiger partial charge is 0.493 e. The van der Waals surface area contributed by atoms with Crippen LogP contribution in [0.4, 0.5) is 5.69 Å². The number of benzene rings is 2. The molecule has 0 aliphatic heterocycles. The van der Waals surface area contributed by atoms with Crippen LogP contribution in [0.1, 0.15) is 19.4 Å². The third-order valence-corrected chi connectivity index (χ3v) is 6.47. The van der Waals surface area contributed by atoms with Gasteiger partial charge in [0.2, 0.25) is 21.8 Å². The maximum atomic E-state index is 13.4. The highest BCUT2D eigenvalue weighted by atomic mass is 35.5. The van der Waals surface area contributed by atoms with Crippen LogP contribution >= 0.6 is 11.6 Å². The van der Waals surface area contributed by atoms with Crippen molar-refractivity contribution in [3.05, 3.63) is 53.1 Å². The quantitative estimate of drug-likeness (QED) is 0.497. The van der Waals surface area contributed by atoms with Crippen molar-refractivity contribution >= 4 is 39.1 Å². The zero-order valence-corrected chi connectivity index (χ0v) is 21.4. The van der Waals surface area contributed by atoms with Gasteiger partial charge in [0.15, 0.2) is 11.5 Å². The standard InChI is InChI=1S/C23H30ClN3O6S/c1-6-25-23(29)16(2)26(14-17-8-7-9-18(24)12-17)22(28)15-27(34(5,30)31)19-10-11-20(32-3)21(13-19)33-4/h7-13,16H,6,14-15H2,1-5H3,(H,25,29)/t16-/m0/s1. The smallest absolute Gasteiger partial charge is 0.244 e. The van der Waals surface area contributed by atoms with Crippen molar-refractivity contribution in [3.63, 3.8) is 0 Å². The summed E-state index contributed by atoms with van der Waals surface area (Å²) in [5.74, 6) is -0.181. The number of nitrogens with zero attached hydrogens (tertiary/aromatic N) is 2. The van der Waals surface area contributed by atoms with E-state index in [9.17, 15) is 18.0 Å². The van der Waals surface area contributed by atoms with E-state index < -0.39 is 28.5 Å². The van der Waals surface area contributed by atoms with Gasteiger partial charge < -0.3 is 19.7 Å². The SMILES string of the molecule is CCNC(=O)[C@H](C)N(Cc1cccc(Cl)c1)C(=O)CN(c1ccc(OC)c(OC)c1)S(C)(=O)=O. The number of carbonyl (C=O) groups is 2.